The topological polar surface area (TPSA) is 89.6 Å². The first kappa shape index (κ1) is 24.8. The van der Waals surface area contributed by atoms with E-state index in [1.54, 1.807) is 19.1 Å². The number of carbonyl (C=O) groups is 1. The predicted molar refractivity (Wildman–Crippen MR) is 129 cm³/mol. The Morgan fingerprint density at radius 1 is 1.15 bits per heavy atom. The second-order valence-electron chi connectivity index (χ2n) is 8.38. The highest BCUT2D eigenvalue weighted by molar-refractivity contribution is 6.14. The van der Waals surface area contributed by atoms with Gasteiger partial charge in [-0.15, -0.1) is 0 Å². The van der Waals surface area contributed by atoms with Gasteiger partial charge in [-0.25, -0.2) is 13.8 Å². The van der Waals surface area contributed by atoms with Gasteiger partial charge >= 0.3 is 0 Å². The minimum Gasteiger partial charge on any atom is -0.311 e. The van der Waals surface area contributed by atoms with Gasteiger partial charge in [0.1, 0.15) is 17.5 Å². The van der Waals surface area contributed by atoms with Crippen LogP contribution in [0.5, 0.6) is 0 Å². The molecule has 1 heterocycles. The Labute approximate surface area is 198 Å². The molecule has 0 saturated heterocycles. The fourth-order valence-electron chi connectivity index (χ4n) is 3.73. The Kier molecular flexibility index (Phi) is 8.25. The van der Waals surface area contributed by atoms with Crippen LogP contribution in [0.1, 0.15) is 49.5 Å². The van der Waals surface area contributed by atoms with Crippen LogP contribution in [0.2, 0.25) is 0 Å². The SMILES string of the molecule is CC1CC(C)C(c2ccc(F)cc2)=CC(NC(=NC(C)CC#N)NC(=O)c2ccc(F)cc2)=N1. The van der Waals surface area contributed by atoms with Crippen molar-refractivity contribution in [2.24, 2.45) is 15.9 Å². The summed E-state index contributed by atoms with van der Waals surface area (Å²) >= 11 is 0. The third-order valence-corrected chi connectivity index (χ3v) is 5.38. The zero-order valence-electron chi connectivity index (χ0n) is 19.3. The molecular formula is C26H27F2N5O. The van der Waals surface area contributed by atoms with E-state index in [0.29, 0.717) is 5.84 Å². The largest absolute Gasteiger partial charge is 0.311 e. The lowest BCUT2D eigenvalue weighted by atomic mass is 9.89. The number of benzene rings is 2. The van der Waals surface area contributed by atoms with E-state index in [2.05, 4.69) is 28.6 Å². The molecule has 3 atom stereocenters. The van der Waals surface area contributed by atoms with Crippen LogP contribution in [0.3, 0.4) is 0 Å². The maximum Gasteiger partial charge on any atom is 0.257 e. The fraction of sp³-hybridized carbons (Fsp3) is 0.308. The average molecular weight is 464 g/mol. The zero-order chi connectivity index (χ0) is 24.7. The van der Waals surface area contributed by atoms with Crippen molar-refractivity contribution >= 4 is 23.3 Å². The predicted octanol–water partition coefficient (Wildman–Crippen LogP) is 4.85. The molecule has 1 aliphatic rings. The molecule has 3 unspecified atom stereocenters. The molecule has 2 N–H and O–H groups in total. The van der Waals surface area contributed by atoms with Crippen molar-refractivity contribution in [2.45, 2.75) is 45.7 Å². The third kappa shape index (κ3) is 6.82. The van der Waals surface area contributed by atoms with Gasteiger partial charge in [-0.05, 0) is 79.8 Å². The minimum absolute atomic E-state index is 0.0164. The number of rotatable bonds is 4. The Hall–Kier alpha value is -3.86. The van der Waals surface area contributed by atoms with Crippen molar-refractivity contribution in [3.05, 3.63) is 77.4 Å². The minimum atomic E-state index is -0.478. The van der Waals surface area contributed by atoms with Crippen LogP contribution in [0.15, 0.2) is 64.6 Å². The molecule has 3 rings (SSSR count). The number of carbonyl (C=O) groups excluding carboxylic acids is 1. The number of nitriles is 1. The first-order valence-electron chi connectivity index (χ1n) is 11.1. The summed E-state index contributed by atoms with van der Waals surface area (Å²) < 4.78 is 26.7. The fourth-order valence-corrected chi connectivity index (χ4v) is 3.73. The molecule has 1 amide bonds. The third-order valence-electron chi connectivity index (χ3n) is 5.38. The average Bonchev–Trinajstić information content (AvgIpc) is 2.92. The van der Waals surface area contributed by atoms with Crippen LogP contribution in [0.4, 0.5) is 8.78 Å². The Morgan fingerprint density at radius 3 is 2.38 bits per heavy atom. The number of halogens is 2. The Morgan fingerprint density at radius 2 is 1.76 bits per heavy atom. The molecule has 0 saturated carbocycles. The Bertz CT molecular complexity index is 1150. The summed E-state index contributed by atoms with van der Waals surface area (Å²) in [6, 6.07) is 13.1. The van der Waals surface area contributed by atoms with Gasteiger partial charge in [0, 0.05) is 5.56 Å². The van der Waals surface area contributed by atoms with E-state index in [0.717, 1.165) is 17.6 Å². The van der Waals surface area contributed by atoms with Crippen LogP contribution >= 0.6 is 0 Å². The summed E-state index contributed by atoms with van der Waals surface area (Å²) in [6.07, 6.45) is 2.82. The highest BCUT2D eigenvalue weighted by Gasteiger charge is 2.21. The highest BCUT2D eigenvalue weighted by Crippen LogP contribution is 2.29. The molecule has 176 valence electrons. The molecular weight excluding hydrogens is 436 g/mol. The second-order valence-corrected chi connectivity index (χ2v) is 8.38. The van der Waals surface area contributed by atoms with E-state index in [9.17, 15) is 13.6 Å². The first-order chi connectivity index (χ1) is 16.2. The van der Waals surface area contributed by atoms with Crippen molar-refractivity contribution in [1.82, 2.24) is 10.6 Å². The second kappa shape index (κ2) is 11.3. The van der Waals surface area contributed by atoms with Gasteiger partial charge < -0.3 is 5.32 Å². The molecule has 0 aromatic heterocycles. The molecule has 34 heavy (non-hydrogen) atoms. The monoisotopic (exact) mass is 463 g/mol. The lowest BCUT2D eigenvalue weighted by Gasteiger charge is -2.16. The highest BCUT2D eigenvalue weighted by atomic mass is 19.1. The van der Waals surface area contributed by atoms with E-state index >= 15 is 0 Å². The molecule has 1 aliphatic heterocycles. The van der Waals surface area contributed by atoms with Crippen LogP contribution in [-0.4, -0.2) is 29.8 Å². The van der Waals surface area contributed by atoms with Crippen LogP contribution < -0.4 is 10.6 Å². The van der Waals surface area contributed by atoms with Crippen molar-refractivity contribution in [1.29, 1.82) is 5.26 Å². The van der Waals surface area contributed by atoms with Gasteiger partial charge in [-0.2, -0.15) is 5.26 Å². The smallest absolute Gasteiger partial charge is 0.257 e. The molecule has 0 fully saturated rings. The molecule has 0 bridgehead atoms. The van der Waals surface area contributed by atoms with E-state index in [1.165, 1.54) is 36.4 Å². The molecule has 0 radical (unpaired) electrons. The summed E-state index contributed by atoms with van der Waals surface area (Å²) in [5.74, 6) is -0.453. The molecule has 0 aliphatic carbocycles. The van der Waals surface area contributed by atoms with E-state index in [4.69, 9.17) is 10.3 Å². The van der Waals surface area contributed by atoms with Gasteiger partial charge in [0.05, 0.1) is 24.6 Å². The summed E-state index contributed by atoms with van der Waals surface area (Å²) in [5.41, 5.74) is 2.12. The number of hydrogen-bond acceptors (Lipinski definition) is 4. The number of guanidine groups is 1. The Balaban J connectivity index is 1.92. The molecule has 6 nitrogen and oxygen atoms in total. The van der Waals surface area contributed by atoms with Crippen molar-refractivity contribution in [3.63, 3.8) is 0 Å². The number of hydrogen-bond donors (Lipinski definition) is 2. The molecule has 2 aromatic carbocycles. The van der Waals surface area contributed by atoms with Crippen LogP contribution in [0, 0.1) is 28.9 Å². The van der Waals surface area contributed by atoms with E-state index < -0.39 is 11.7 Å². The van der Waals surface area contributed by atoms with E-state index in [1.807, 2.05) is 13.0 Å². The normalized spacial score (nSPS) is 19.2. The van der Waals surface area contributed by atoms with Gasteiger partial charge in [-0.1, -0.05) is 19.1 Å². The van der Waals surface area contributed by atoms with Gasteiger partial charge in [-0.3, -0.25) is 15.1 Å². The van der Waals surface area contributed by atoms with Crippen molar-refractivity contribution in [2.75, 3.05) is 0 Å². The van der Waals surface area contributed by atoms with E-state index in [-0.39, 0.29) is 41.8 Å². The van der Waals surface area contributed by atoms with Crippen LogP contribution in [-0.2, 0) is 0 Å². The summed E-state index contributed by atoms with van der Waals surface area (Å²) in [4.78, 5) is 21.9. The van der Waals surface area contributed by atoms with Crippen LogP contribution in [0.25, 0.3) is 5.57 Å². The summed E-state index contributed by atoms with van der Waals surface area (Å²) in [5, 5.41) is 14.8. The van der Waals surface area contributed by atoms with Crippen molar-refractivity contribution < 1.29 is 13.6 Å². The van der Waals surface area contributed by atoms with Gasteiger partial charge in [0.25, 0.3) is 5.91 Å². The van der Waals surface area contributed by atoms with Gasteiger partial charge in [0.15, 0.2) is 0 Å². The lowest BCUT2D eigenvalue weighted by molar-refractivity contribution is 0.0976. The maximum absolute atomic E-state index is 13.5. The molecule has 2 aromatic rings. The zero-order valence-corrected chi connectivity index (χ0v) is 19.3. The van der Waals surface area contributed by atoms with Crippen molar-refractivity contribution in [3.8, 4) is 6.07 Å². The number of allylic oxidation sites excluding steroid dienone is 1. The molecule has 8 heteroatoms. The number of amides is 1. The maximum atomic E-state index is 13.5. The lowest BCUT2D eigenvalue weighted by Crippen LogP contribution is -2.44. The number of nitrogens with one attached hydrogen (secondary N) is 2. The summed E-state index contributed by atoms with van der Waals surface area (Å²) in [6.45, 7) is 5.84. The standard InChI is InChI=1S/C26H27F2N5O/c1-16-14-18(3)30-24(15-23(16)19-4-8-21(27)9-5-19)32-26(31-17(2)12-13-29)33-25(34)20-6-10-22(28)11-7-20/h4-11,15-18H,12,14H2,1-3H3,(H2,30,31,32,33,34). The number of amidine groups is 1. The first-order valence-corrected chi connectivity index (χ1v) is 11.1. The quantitative estimate of drug-likeness (QED) is 0.502. The van der Waals surface area contributed by atoms with Gasteiger partial charge in [0.2, 0.25) is 5.96 Å². The molecule has 0 spiro atoms. The number of aliphatic imine (C=N–C) groups is 2. The summed E-state index contributed by atoms with van der Waals surface area (Å²) in [7, 11) is 0. The number of nitrogens with zero attached hydrogens (tertiary/aromatic N) is 3.